The number of nitrogens with zero attached hydrogens (tertiary/aromatic N) is 3. The van der Waals surface area contributed by atoms with Gasteiger partial charge in [-0.3, -0.25) is 0 Å². The fraction of sp³-hybridized carbons (Fsp3) is 0.429. The maximum Gasteiger partial charge on any atom is 0.134 e. The zero-order valence-corrected chi connectivity index (χ0v) is 12.6. The predicted molar refractivity (Wildman–Crippen MR) is 77.5 cm³/mol. The SMILES string of the molecule is Brc1ccc(OCc2cn(CC3CCCO3)nn2)cc1. The summed E-state index contributed by atoms with van der Waals surface area (Å²) < 4.78 is 14.1. The van der Waals surface area contributed by atoms with Crippen molar-refractivity contribution in [2.24, 2.45) is 0 Å². The van der Waals surface area contributed by atoms with Crippen molar-refractivity contribution in [2.45, 2.75) is 32.1 Å². The van der Waals surface area contributed by atoms with Gasteiger partial charge in [-0.15, -0.1) is 5.10 Å². The van der Waals surface area contributed by atoms with Gasteiger partial charge in [0, 0.05) is 11.1 Å². The highest BCUT2D eigenvalue weighted by atomic mass is 79.9. The van der Waals surface area contributed by atoms with E-state index >= 15 is 0 Å². The molecule has 0 spiro atoms. The number of benzene rings is 1. The number of rotatable bonds is 5. The monoisotopic (exact) mass is 337 g/mol. The van der Waals surface area contributed by atoms with Crippen LogP contribution in [0.5, 0.6) is 5.75 Å². The van der Waals surface area contributed by atoms with Crippen molar-refractivity contribution in [3.8, 4) is 5.75 Å². The minimum Gasteiger partial charge on any atom is -0.487 e. The number of halogens is 1. The Hall–Kier alpha value is -1.40. The molecular formula is C14H16BrN3O2. The van der Waals surface area contributed by atoms with Gasteiger partial charge in [-0.1, -0.05) is 21.1 Å². The van der Waals surface area contributed by atoms with Gasteiger partial charge in [-0.2, -0.15) is 0 Å². The molecule has 0 saturated carbocycles. The summed E-state index contributed by atoms with van der Waals surface area (Å²) in [5.74, 6) is 0.821. The normalized spacial score (nSPS) is 18.4. The van der Waals surface area contributed by atoms with E-state index in [2.05, 4.69) is 26.2 Å². The summed E-state index contributed by atoms with van der Waals surface area (Å²) in [5, 5.41) is 8.22. The van der Waals surface area contributed by atoms with Crippen LogP contribution >= 0.6 is 15.9 Å². The minimum atomic E-state index is 0.275. The Kier molecular flexibility index (Phi) is 4.32. The molecule has 1 atom stereocenters. The van der Waals surface area contributed by atoms with E-state index in [0.717, 1.165) is 41.9 Å². The molecule has 1 aromatic carbocycles. The molecule has 1 fully saturated rings. The average molecular weight is 338 g/mol. The number of ether oxygens (including phenoxy) is 2. The van der Waals surface area contributed by atoms with Crippen LogP contribution in [0.1, 0.15) is 18.5 Å². The Morgan fingerprint density at radius 1 is 1.35 bits per heavy atom. The van der Waals surface area contributed by atoms with Crippen molar-refractivity contribution in [1.29, 1.82) is 0 Å². The van der Waals surface area contributed by atoms with Gasteiger partial charge < -0.3 is 9.47 Å². The molecule has 6 heteroatoms. The van der Waals surface area contributed by atoms with E-state index < -0.39 is 0 Å². The molecule has 0 amide bonds. The largest absolute Gasteiger partial charge is 0.487 e. The fourth-order valence-corrected chi connectivity index (χ4v) is 2.44. The summed E-state index contributed by atoms with van der Waals surface area (Å²) in [5.41, 5.74) is 0.825. The van der Waals surface area contributed by atoms with Crippen LogP contribution in [0, 0.1) is 0 Å². The molecule has 0 radical (unpaired) electrons. The van der Waals surface area contributed by atoms with Crippen molar-refractivity contribution in [1.82, 2.24) is 15.0 Å². The summed E-state index contributed by atoms with van der Waals surface area (Å²) in [6, 6.07) is 7.73. The van der Waals surface area contributed by atoms with Crippen LogP contribution in [0.3, 0.4) is 0 Å². The lowest BCUT2D eigenvalue weighted by atomic mass is 10.2. The predicted octanol–water partition coefficient (Wildman–Crippen LogP) is 2.80. The van der Waals surface area contributed by atoms with E-state index in [1.807, 2.05) is 35.1 Å². The third-order valence-electron chi connectivity index (χ3n) is 3.20. The zero-order valence-electron chi connectivity index (χ0n) is 11.0. The molecule has 3 rings (SSSR count). The van der Waals surface area contributed by atoms with E-state index in [1.54, 1.807) is 0 Å². The Bertz CT molecular complexity index is 550. The van der Waals surface area contributed by atoms with Crippen LogP contribution in [0.4, 0.5) is 0 Å². The van der Waals surface area contributed by atoms with Crippen LogP contribution in [-0.4, -0.2) is 27.7 Å². The van der Waals surface area contributed by atoms with Gasteiger partial charge in [0.2, 0.25) is 0 Å². The van der Waals surface area contributed by atoms with Crippen LogP contribution in [0.2, 0.25) is 0 Å². The van der Waals surface area contributed by atoms with Crippen LogP contribution in [-0.2, 0) is 17.9 Å². The van der Waals surface area contributed by atoms with Gasteiger partial charge in [-0.05, 0) is 37.1 Å². The van der Waals surface area contributed by atoms with E-state index in [9.17, 15) is 0 Å². The molecule has 0 bridgehead atoms. The first-order chi connectivity index (χ1) is 9.79. The molecule has 106 valence electrons. The van der Waals surface area contributed by atoms with E-state index in [0.29, 0.717) is 6.61 Å². The molecule has 2 heterocycles. The van der Waals surface area contributed by atoms with E-state index in [1.165, 1.54) is 0 Å². The highest BCUT2D eigenvalue weighted by Gasteiger charge is 2.16. The minimum absolute atomic E-state index is 0.275. The standard InChI is InChI=1S/C14H16BrN3O2/c15-11-3-5-13(6-4-11)20-10-12-8-18(17-16-12)9-14-2-1-7-19-14/h3-6,8,14H,1-2,7,9-10H2. The fourth-order valence-electron chi connectivity index (χ4n) is 2.18. The van der Waals surface area contributed by atoms with Gasteiger partial charge in [0.1, 0.15) is 18.1 Å². The summed E-state index contributed by atoms with van der Waals surface area (Å²) >= 11 is 3.39. The first-order valence-electron chi connectivity index (χ1n) is 6.68. The Morgan fingerprint density at radius 2 is 2.20 bits per heavy atom. The zero-order chi connectivity index (χ0) is 13.8. The summed E-state index contributed by atoms with van der Waals surface area (Å²) in [7, 11) is 0. The molecule has 20 heavy (non-hydrogen) atoms. The first kappa shape index (κ1) is 13.6. The Balaban J connectivity index is 1.52. The third kappa shape index (κ3) is 3.58. The highest BCUT2D eigenvalue weighted by molar-refractivity contribution is 9.10. The molecular weight excluding hydrogens is 322 g/mol. The van der Waals surface area contributed by atoms with Crippen LogP contribution < -0.4 is 4.74 Å². The van der Waals surface area contributed by atoms with E-state index in [-0.39, 0.29) is 6.10 Å². The molecule has 1 aromatic heterocycles. The number of hydrogen-bond donors (Lipinski definition) is 0. The molecule has 0 N–H and O–H groups in total. The summed E-state index contributed by atoms with van der Waals surface area (Å²) in [6.45, 7) is 2.05. The van der Waals surface area contributed by atoms with Crippen molar-refractivity contribution in [3.63, 3.8) is 0 Å². The molecule has 5 nitrogen and oxygen atoms in total. The smallest absolute Gasteiger partial charge is 0.134 e. The average Bonchev–Trinajstić information content (AvgIpc) is 3.11. The molecule has 1 unspecified atom stereocenters. The Labute approximate surface area is 126 Å². The lowest BCUT2D eigenvalue weighted by Gasteiger charge is -2.07. The van der Waals surface area contributed by atoms with Crippen molar-refractivity contribution in [2.75, 3.05) is 6.61 Å². The van der Waals surface area contributed by atoms with Gasteiger partial charge in [-0.25, -0.2) is 4.68 Å². The van der Waals surface area contributed by atoms with E-state index in [4.69, 9.17) is 9.47 Å². The second-order valence-electron chi connectivity index (χ2n) is 4.81. The molecule has 1 aliphatic rings. The van der Waals surface area contributed by atoms with Gasteiger partial charge in [0.15, 0.2) is 0 Å². The second-order valence-corrected chi connectivity index (χ2v) is 5.73. The van der Waals surface area contributed by atoms with Crippen molar-refractivity contribution < 1.29 is 9.47 Å². The third-order valence-corrected chi connectivity index (χ3v) is 3.73. The van der Waals surface area contributed by atoms with Crippen molar-refractivity contribution in [3.05, 3.63) is 40.6 Å². The summed E-state index contributed by atoms with van der Waals surface area (Å²) in [4.78, 5) is 0. The lowest BCUT2D eigenvalue weighted by molar-refractivity contribution is 0.0935. The Morgan fingerprint density at radius 3 is 2.95 bits per heavy atom. The van der Waals surface area contributed by atoms with Crippen LogP contribution in [0.15, 0.2) is 34.9 Å². The number of hydrogen-bond acceptors (Lipinski definition) is 4. The molecule has 2 aromatic rings. The maximum absolute atomic E-state index is 5.66. The van der Waals surface area contributed by atoms with Crippen LogP contribution in [0.25, 0.3) is 0 Å². The van der Waals surface area contributed by atoms with Gasteiger partial charge >= 0.3 is 0 Å². The second kappa shape index (κ2) is 6.37. The highest BCUT2D eigenvalue weighted by Crippen LogP contribution is 2.17. The quantitative estimate of drug-likeness (QED) is 0.841. The number of aromatic nitrogens is 3. The lowest BCUT2D eigenvalue weighted by Crippen LogP contribution is -2.15. The molecule has 0 aliphatic carbocycles. The molecule has 1 aliphatic heterocycles. The van der Waals surface area contributed by atoms with Crippen molar-refractivity contribution >= 4 is 15.9 Å². The van der Waals surface area contributed by atoms with Gasteiger partial charge in [0.25, 0.3) is 0 Å². The topological polar surface area (TPSA) is 49.2 Å². The van der Waals surface area contributed by atoms with Gasteiger partial charge in [0.05, 0.1) is 18.8 Å². The maximum atomic E-state index is 5.66. The summed E-state index contributed by atoms with van der Waals surface area (Å²) in [6.07, 6.45) is 4.43. The first-order valence-corrected chi connectivity index (χ1v) is 7.48. The molecule has 1 saturated heterocycles.